The van der Waals surface area contributed by atoms with Gasteiger partial charge in [0.2, 0.25) is 0 Å². The quantitative estimate of drug-likeness (QED) is 0.782. The molecule has 76 valence electrons. The van der Waals surface area contributed by atoms with Crippen molar-refractivity contribution in [1.29, 1.82) is 0 Å². The van der Waals surface area contributed by atoms with E-state index in [1.165, 1.54) is 7.11 Å². The lowest BCUT2D eigenvalue weighted by atomic mass is 9.94. The molecule has 0 aliphatic heterocycles. The lowest BCUT2D eigenvalue weighted by Gasteiger charge is -2.26. The second-order valence-corrected chi connectivity index (χ2v) is 2.90. The van der Waals surface area contributed by atoms with Crippen LogP contribution < -0.4 is 5.73 Å². The fourth-order valence-corrected chi connectivity index (χ4v) is 1.27. The molecule has 1 unspecified atom stereocenters. The van der Waals surface area contributed by atoms with E-state index in [2.05, 4.69) is 0 Å². The second-order valence-electron chi connectivity index (χ2n) is 2.90. The first-order valence-corrected chi connectivity index (χ1v) is 4.14. The molecule has 0 spiro atoms. The van der Waals surface area contributed by atoms with Crippen LogP contribution in [-0.2, 0) is 15.1 Å². The van der Waals surface area contributed by atoms with Gasteiger partial charge < -0.3 is 10.5 Å². The standard InChI is InChI=1S/C10H12FNO2/c1-14-10(7-11,9(12)13)8-5-3-2-4-6-8/h2-6H,7H2,1H3,(H2,12,13). The average Bonchev–Trinajstić information content (AvgIpc) is 2.22. The van der Waals surface area contributed by atoms with Crippen LogP contribution in [0, 0.1) is 0 Å². The number of ether oxygens (including phenoxy) is 1. The molecular weight excluding hydrogens is 185 g/mol. The van der Waals surface area contributed by atoms with Gasteiger partial charge in [0.25, 0.3) is 5.91 Å². The highest BCUT2D eigenvalue weighted by molar-refractivity contribution is 5.85. The molecule has 1 atom stereocenters. The summed E-state index contributed by atoms with van der Waals surface area (Å²) in [5.41, 5.74) is 3.90. The summed E-state index contributed by atoms with van der Waals surface area (Å²) in [5, 5.41) is 0. The molecule has 0 aliphatic rings. The molecule has 0 aromatic heterocycles. The zero-order chi connectivity index (χ0) is 10.6. The van der Waals surface area contributed by atoms with E-state index < -0.39 is 18.2 Å². The van der Waals surface area contributed by atoms with Crippen molar-refractivity contribution in [2.24, 2.45) is 5.73 Å². The summed E-state index contributed by atoms with van der Waals surface area (Å²) in [7, 11) is 1.26. The number of primary amides is 1. The van der Waals surface area contributed by atoms with Gasteiger partial charge in [0.1, 0.15) is 6.67 Å². The van der Waals surface area contributed by atoms with E-state index >= 15 is 0 Å². The number of alkyl halides is 1. The highest BCUT2D eigenvalue weighted by Crippen LogP contribution is 2.25. The second kappa shape index (κ2) is 4.19. The molecule has 1 aromatic rings. The summed E-state index contributed by atoms with van der Waals surface area (Å²) < 4.78 is 17.7. The highest BCUT2D eigenvalue weighted by Gasteiger charge is 2.38. The fraction of sp³-hybridized carbons (Fsp3) is 0.300. The molecule has 4 heteroatoms. The Bertz CT molecular complexity index is 309. The van der Waals surface area contributed by atoms with Crippen LogP contribution in [0.5, 0.6) is 0 Å². The maximum absolute atomic E-state index is 12.8. The van der Waals surface area contributed by atoms with Gasteiger partial charge in [-0.2, -0.15) is 0 Å². The van der Waals surface area contributed by atoms with Gasteiger partial charge in [0.05, 0.1) is 0 Å². The van der Waals surface area contributed by atoms with E-state index in [1.54, 1.807) is 30.3 Å². The number of carbonyl (C=O) groups excluding carboxylic acids is 1. The average molecular weight is 197 g/mol. The maximum atomic E-state index is 12.8. The Kier molecular flexibility index (Phi) is 3.19. The summed E-state index contributed by atoms with van der Waals surface area (Å²) >= 11 is 0. The molecule has 3 nitrogen and oxygen atoms in total. The highest BCUT2D eigenvalue weighted by atomic mass is 19.1. The third kappa shape index (κ3) is 1.61. The van der Waals surface area contributed by atoms with Gasteiger partial charge in [-0.3, -0.25) is 4.79 Å². The van der Waals surface area contributed by atoms with Crippen molar-refractivity contribution in [2.75, 3.05) is 13.8 Å². The minimum Gasteiger partial charge on any atom is -0.367 e. The number of amides is 1. The molecule has 0 heterocycles. The van der Waals surface area contributed by atoms with Crippen molar-refractivity contribution >= 4 is 5.91 Å². The predicted octanol–water partition coefficient (Wildman–Crippen LogP) is 0.983. The molecule has 0 fully saturated rings. The van der Waals surface area contributed by atoms with E-state index in [4.69, 9.17) is 10.5 Å². The Morgan fingerprint density at radius 3 is 2.43 bits per heavy atom. The van der Waals surface area contributed by atoms with Crippen molar-refractivity contribution in [1.82, 2.24) is 0 Å². The van der Waals surface area contributed by atoms with Gasteiger partial charge in [-0.05, 0) is 5.56 Å². The number of benzene rings is 1. The Labute approximate surface area is 81.7 Å². The first-order valence-electron chi connectivity index (χ1n) is 4.14. The number of halogens is 1. The lowest BCUT2D eigenvalue weighted by Crippen LogP contribution is -2.44. The number of rotatable bonds is 4. The predicted molar refractivity (Wildman–Crippen MR) is 50.3 cm³/mol. The van der Waals surface area contributed by atoms with Crippen LogP contribution in [0.2, 0.25) is 0 Å². The smallest absolute Gasteiger partial charge is 0.257 e. The van der Waals surface area contributed by atoms with Gasteiger partial charge in [0, 0.05) is 7.11 Å². The first kappa shape index (κ1) is 10.7. The zero-order valence-corrected chi connectivity index (χ0v) is 7.87. The molecule has 1 rings (SSSR count). The third-order valence-corrected chi connectivity index (χ3v) is 2.17. The molecule has 1 aromatic carbocycles. The molecule has 0 radical (unpaired) electrons. The molecule has 14 heavy (non-hydrogen) atoms. The summed E-state index contributed by atoms with van der Waals surface area (Å²) in [4.78, 5) is 11.1. The van der Waals surface area contributed by atoms with E-state index in [1.807, 2.05) is 0 Å². The number of hydrogen-bond acceptors (Lipinski definition) is 2. The van der Waals surface area contributed by atoms with Gasteiger partial charge >= 0.3 is 0 Å². The normalized spacial score (nSPS) is 14.7. The number of methoxy groups -OCH3 is 1. The molecule has 0 bridgehead atoms. The van der Waals surface area contributed by atoms with Crippen LogP contribution in [0.25, 0.3) is 0 Å². The van der Waals surface area contributed by atoms with E-state index in [-0.39, 0.29) is 0 Å². The zero-order valence-electron chi connectivity index (χ0n) is 7.87. The van der Waals surface area contributed by atoms with Crippen molar-refractivity contribution in [3.05, 3.63) is 35.9 Å². The molecule has 0 aliphatic carbocycles. The van der Waals surface area contributed by atoms with Crippen molar-refractivity contribution in [3.63, 3.8) is 0 Å². The van der Waals surface area contributed by atoms with Gasteiger partial charge in [0.15, 0.2) is 5.60 Å². The molecule has 2 N–H and O–H groups in total. The Morgan fingerprint density at radius 2 is 2.07 bits per heavy atom. The van der Waals surface area contributed by atoms with Crippen LogP contribution in [0.3, 0.4) is 0 Å². The monoisotopic (exact) mass is 197 g/mol. The van der Waals surface area contributed by atoms with E-state index in [9.17, 15) is 9.18 Å². The summed E-state index contributed by atoms with van der Waals surface area (Å²) in [6.07, 6.45) is 0. The fourth-order valence-electron chi connectivity index (χ4n) is 1.27. The number of nitrogens with two attached hydrogens (primary N) is 1. The molecular formula is C10H12FNO2. The summed E-state index contributed by atoms with van der Waals surface area (Å²) in [6.45, 7) is -0.969. The first-order chi connectivity index (χ1) is 6.67. The minimum absolute atomic E-state index is 0.428. The Morgan fingerprint density at radius 1 is 1.50 bits per heavy atom. The van der Waals surface area contributed by atoms with Gasteiger partial charge in [-0.25, -0.2) is 4.39 Å². The van der Waals surface area contributed by atoms with Gasteiger partial charge in [-0.1, -0.05) is 30.3 Å². The molecule has 1 amide bonds. The summed E-state index contributed by atoms with van der Waals surface area (Å²) in [5.74, 6) is -0.825. The number of hydrogen-bond donors (Lipinski definition) is 1. The summed E-state index contributed by atoms with van der Waals surface area (Å²) in [6, 6.07) is 8.37. The van der Waals surface area contributed by atoms with Crippen LogP contribution in [-0.4, -0.2) is 19.7 Å². The Hall–Kier alpha value is -1.42. The molecule has 0 saturated heterocycles. The van der Waals surface area contributed by atoms with Crippen LogP contribution in [0.15, 0.2) is 30.3 Å². The maximum Gasteiger partial charge on any atom is 0.257 e. The van der Waals surface area contributed by atoms with Crippen LogP contribution in [0.4, 0.5) is 4.39 Å². The van der Waals surface area contributed by atoms with Crippen molar-refractivity contribution < 1.29 is 13.9 Å². The third-order valence-electron chi connectivity index (χ3n) is 2.17. The van der Waals surface area contributed by atoms with Crippen molar-refractivity contribution in [3.8, 4) is 0 Å². The van der Waals surface area contributed by atoms with E-state index in [0.717, 1.165) is 0 Å². The largest absolute Gasteiger partial charge is 0.367 e. The topological polar surface area (TPSA) is 52.3 Å². The SMILES string of the molecule is COC(CF)(C(N)=O)c1ccccc1. The van der Waals surface area contributed by atoms with Gasteiger partial charge in [-0.15, -0.1) is 0 Å². The molecule has 0 saturated carbocycles. The van der Waals surface area contributed by atoms with Crippen molar-refractivity contribution in [2.45, 2.75) is 5.60 Å². The van der Waals surface area contributed by atoms with E-state index in [0.29, 0.717) is 5.56 Å². The van der Waals surface area contributed by atoms with Crippen LogP contribution >= 0.6 is 0 Å². The lowest BCUT2D eigenvalue weighted by molar-refractivity contribution is -0.143. The van der Waals surface area contributed by atoms with Crippen LogP contribution in [0.1, 0.15) is 5.56 Å². The minimum atomic E-state index is -1.65. The number of carbonyl (C=O) groups is 1. The Balaban J connectivity index is 3.18.